The van der Waals surface area contributed by atoms with Gasteiger partial charge in [0.15, 0.2) is 25.0 Å². The molecule has 5 atom stereocenters. The summed E-state index contributed by atoms with van der Waals surface area (Å²) < 4.78 is 61.3. The first-order valence-corrected chi connectivity index (χ1v) is 17.3. The number of aliphatic hydroxyl groups is 1. The van der Waals surface area contributed by atoms with Gasteiger partial charge in [0.2, 0.25) is 10.0 Å². The van der Waals surface area contributed by atoms with Gasteiger partial charge in [0.25, 0.3) is 0 Å². The molecule has 1 unspecified atom stereocenters. The van der Waals surface area contributed by atoms with Gasteiger partial charge in [-0.3, -0.25) is 4.57 Å². The van der Waals surface area contributed by atoms with Gasteiger partial charge in [0, 0.05) is 19.2 Å². The Morgan fingerprint density at radius 3 is 2.59 bits per heavy atom. The zero-order valence-corrected chi connectivity index (χ0v) is 26.0. The molecule has 4 N–H and O–H groups in total. The lowest BCUT2D eigenvalue weighted by Crippen LogP contribution is -2.51. The predicted molar refractivity (Wildman–Crippen MR) is 154 cm³/mol. The van der Waals surface area contributed by atoms with Gasteiger partial charge in [-0.15, -0.1) is 0 Å². The molecule has 2 fully saturated rings. The van der Waals surface area contributed by atoms with Gasteiger partial charge in [-0.05, 0) is 42.5 Å². The van der Waals surface area contributed by atoms with Crippen molar-refractivity contribution in [3.05, 3.63) is 59.6 Å². The summed E-state index contributed by atoms with van der Waals surface area (Å²) >= 11 is 0. The molecule has 2 aliphatic rings. The molecule has 0 saturated carbocycles. The molecule has 17 heteroatoms. The third kappa shape index (κ3) is 9.34. The van der Waals surface area contributed by atoms with E-state index in [4.69, 9.17) is 28.7 Å². The Morgan fingerprint density at radius 1 is 1.20 bits per heavy atom. The van der Waals surface area contributed by atoms with Crippen LogP contribution < -0.4 is 14.8 Å². The molecule has 2 saturated heterocycles. The number of sulfonamides is 1. The van der Waals surface area contributed by atoms with E-state index < -0.39 is 61.1 Å². The second-order valence-corrected chi connectivity index (χ2v) is 14.7. The number of aromatic nitrogens is 1. The van der Waals surface area contributed by atoms with E-state index in [1.54, 1.807) is 26.0 Å². The first kappa shape index (κ1) is 34.1. The third-order valence-electron chi connectivity index (χ3n) is 7.13. The number of alkyl carbamates (subject to hydrolysis) is 1. The van der Waals surface area contributed by atoms with Crippen LogP contribution in [0.1, 0.15) is 25.8 Å². The number of rotatable bonds is 14. The number of amides is 1. The molecule has 44 heavy (non-hydrogen) atoms. The van der Waals surface area contributed by atoms with Gasteiger partial charge < -0.3 is 44.4 Å². The number of hydrogen-bond acceptors (Lipinski definition) is 10. The standard InChI is InChI=1S/C27H38N3O12PS/c1-18(2)13-30(44(37,38)21-4-3-10-29(33)14-21)15-24(31)23(12-19-5-7-20(8-6-19)41-17-43(34,35)36)28-27(32)42-25-16-40-26-22(25)9-11-39-26/h3-8,10,14,18,22-26,31H,9,11-13,15-17H2,1-2H3,(H,28,32)(H2,34,35,36)/t22-,23-,24?,25-,26+/m0/s1. The number of carbonyl (C=O) groups is 1. The van der Waals surface area contributed by atoms with Crippen molar-refractivity contribution in [2.24, 2.45) is 11.8 Å². The molecule has 244 valence electrons. The van der Waals surface area contributed by atoms with Crippen LogP contribution in [0.15, 0.2) is 53.7 Å². The zero-order valence-electron chi connectivity index (χ0n) is 24.3. The van der Waals surface area contributed by atoms with Crippen molar-refractivity contribution in [3.8, 4) is 5.75 Å². The van der Waals surface area contributed by atoms with Crippen molar-refractivity contribution in [3.63, 3.8) is 0 Å². The molecule has 0 aliphatic carbocycles. The molecule has 2 aliphatic heterocycles. The molecular weight excluding hydrogens is 621 g/mol. The van der Waals surface area contributed by atoms with Gasteiger partial charge >= 0.3 is 13.7 Å². The maximum absolute atomic E-state index is 13.5. The Balaban J connectivity index is 1.53. The van der Waals surface area contributed by atoms with Gasteiger partial charge in [0.05, 0.1) is 31.3 Å². The fraction of sp³-hybridized carbons (Fsp3) is 0.556. The molecule has 0 spiro atoms. The van der Waals surface area contributed by atoms with E-state index in [0.29, 0.717) is 23.3 Å². The second kappa shape index (κ2) is 14.5. The molecule has 0 radical (unpaired) electrons. The maximum atomic E-state index is 13.5. The number of aliphatic hydroxyl groups excluding tert-OH is 1. The van der Waals surface area contributed by atoms with Crippen molar-refractivity contribution >= 4 is 23.7 Å². The fourth-order valence-electron chi connectivity index (χ4n) is 5.04. The van der Waals surface area contributed by atoms with E-state index in [-0.39, 0.29) is 42.1 Å². The summed E-state index contributed by atoms with van der Waals surface area (Å²) in [5.41, 5.74) is 0.597. The average molecular weight is 660 g/mol. The SMILES string of the molecule is CC(C)CN(CC(O)[C@H](Cc1ccc(OCP(=O)(O)O)cc1)NC(=O)O[C@H]1CO[C@H]2OCC[C@H]21)S(=O)(=O)c1ccc[n+]([O-])c1. The summed E-state index contributed by atoms with van der Waals surface area (Å²) in [5, 5.41) is 25.9. The maximum Gasteiger partial charge on any atom is 0.407 e. The highest BCUT2D eigenvalue weighted by molar-refractivity contribution is 7.89. The van der Waals surface area contributed by atoms with Crippen molar-refractivity contribution in [2.75, 3.05) is 32.7 Å². The third-order valence-corrected chi connectivity index (χ3v) is 9.42. The van der Waals surface area contributed by atoms with Gasteiger partial charge in [-0.25, -0.2) is 13.2 Å². The Hall–Kier alpha value is -2.82. The molecule has 4 rings (SSSR count). The number of pyridine rings is 1. The van der Waals surface area contributed by atoms with Crippen LogP contribution in [0.4, 0.5) is 4.79 Å². The highest BCUT2D eigenvalue weighted by Crippen LogP contribution is 2.35. The van der Waals surface area contributed by atoms with Crippen molar-refractivity contribution in [2.45, 2.75) is 56.1 Å². The summed E-state index contributed by atoms with van der Waals surface area (Å²) in [4.78, 5) is 30.9. The van der Waals surface area contributed by atoms with E-state index in [0.717, 1.165) is 16.7 Å². The Bertz CT molecular complexity index is 1420. The minimum atomic E-state index is -4.38. The number of nitrogens with one attached hydrogen (secondary N) is 1. The molecular formula is C27H38N3O12PS. The zero-order chi connectivity index (χ0) is 32.1. The summed E-state index contributed by atoms with van der Waals surface area (Å²) in [6.07, 6.45) is -1.26. The van der Waals surface area contributed by atoms with Crippen LogP contribution in [-0.4, -0.2) is 90.9 Å². The molecule has 1 aromatic heterocycles. The number of benzene rings is 1. The highest BCUT2D eigenvalue weighted by atomic mass is 32.2. The normalized spacial score (nSPS) is 21.7. The smallest absolute Gasteiger partial charge is 0.407 e. The van der Waals surface area contributed by atoms with Crippen LogP contribution in [0.2, 0.25) is 0 Å². The van der Waals surface area contributed by atoms with E-state index in [1.165, 1.54) is 24.3 Å². The van der Waals surface area contributed by atoms with Crippen molar-refractivity contribution < 1.29 is 56.3 Å². The summed E-state index contributed by atoms with van der Waals surface area (Å²) in [6, 6.07) is 7.70. The minimum absolute atomic E-state index is 0.0262. The Labute approximate surface area is 255 Å². The van der Waals surface area contributed by atoms with Gasteiger partial charge in [0.1, 0.15) is 16.7 Å². The van der Waals surface area contributed by atoms with Crippen molar-refractivity contribution in [1.82, 2.24) is 9.62 Å². The number of ether oxygens (including phenoxy) is 4. The van der Waals surface area contributed by atoms with Crippen LogP contribution in [0.5, 0.6) is 5.75 Å². The fourth-order valence-corrected chi connectivity index (χ4v) is 6.98. The van der Waals surface area contributed by atoms with Crippen LogP contribution in [0.3, 0.4) is 0 Å². The molecule has 1 aromatic carbocycles. The van der Waals surface area contributed by atoms with Crippen molar-refractivity contribution in [1.29, 1.82) is 0 Å². The lowest BCUT2D eigenvalue weighted by atomic mass is 10.0. The summed E-state index contributed by atoms with van der Waals surface area (Å²) in [7, 11) is -8.59. The molecule has 1 amide bonds. The number of nitrogens with zero attached hydrogens (tertiary/aromatic N) is 2. The lowest BCUT2D eigenvalue weighted by molar-refractivity contribution is -0.607. The number of fused-ring (bicyclic) bond motifs is 1. The van der Waals surface area contributed by atoms with E-state index in [1.807, 2.05) is 0 Å². The molecule has 0 bridgehead atoms. The second-order valence-electron chi connectivity index (χ2n) is 11.2. The molecule has 2 aromatic rings. The molecule has 3 heterocycles. The monoisotopic (exact) mass is 659 g/mol. The summed E-state index contributed by atoms with van der Waals surface area (Å²) in [5.74, 6) is -0.0593. The largest absolute Gasteiger partial charge is 0.619 e. The van der Waals surface area contributed by atoms with Crippen LogP contribution >= 0.6 is 7.60 Å². The predicted octanol–water partition coefficient (Wildman–Crippen LogP) is 0.941. The Morgan fingerprint density at radius 2 is 1.93 bits per heavy atom. The quantitative estimate of drug-likeness (QED) is 0.127. The van der Waals surface area contributed by atoms with E-state index in [9.17, 15) is 28.1 Å². The first-order chi connectivity index (χ1) is 20.7. The van der Waals surface area contributed by atoms with Crippen LogP contribution in [-0.2, 0) is 35.2 Å². The van der Waals surface area contributed by atoms with Gasteiger partial charge in [-0.1, -0.05) is 26.0 Å². The van der Waals surface area contributed by atoms with E-state index >= 15 is 0 Å². The minimum Gasteiger partial charge on any atom is -0.619 e. The summed E-state index contributed by atoms with van der Waals surface area (Å²) in [6.45, 7) is 3.87. The number of carbonyl (C=O) groups excluding carboxylic acids is 1. The average Bonchev–Trinajstić information content (AvgIpc) is 3.56. The van der Waals surface area contributed by atoms with Crippen LogP contribution in [0, 0.1) is 17.0 Å². The first-order valence-electron chi connectivity index (χ1n) is 14.0. The topological polar surface area (TPSA) is 208 Å². The Kier molecular flexibility index (Phi) is 11.2. The van der Waals surface area contributed by atoms with Crippen LogP contribution in [0.25, 0.3) is 0 Å². The molecule has 15 nitrogen and oxygen atoms in total. The van der Waals surface area contributed by atoms with Gasteiger partial charge in [-0.2, -0.15) is 9.04 Å². The lowest BCUT2D eigenvalue weighted by Gasteiger charge is -2.30. The highest BCUT2D eigenvalue weighted by Gasteiger charge is 2.44. The number of hydrogen-bond donors (Lipinski definition) is 4. The van der Waals surface area contributed by atoms with E-state index in [2.05, 4.69) is 5.32 Å².